The predicted octanol–water partition coefficient (Wildman–Crippen LogP) is 2.35. The van der Waals surface area contributed by atoms with Crippen LogP contribution in [0.3, 0.4) is 0 Å². The Morgan fingerprint density at radius 2 is 1.84 bits per heavy atom. The molecule has 0 bridgehead atoms. The minimum atomic E-state index is -1.17. The Bertz CT molecular complexity index is 834. The van der Waals surface area contributed by atoms with Crippen LogP contribution in [0, 0.1) is 0 Å². The second-order valence-corrected chi connectivity index (χ2v) is 5.97. The van der Waals surface area contributed by atoms with E-state index in [1.807, 2.05) is 6.07 Å². The van der Waals surface area contributed by atoms with Crippen molar-refractivity contribution in [3.05, 3.63) is 65.7 Å². The van der Waals surface area contributed by atoms with Crippen molar-refractivity contribution in [1.82, 2.24) is 10.2 Å². The van der Waals surface area contributed by atoms with Crippen molar-refractivity contribution < 1.29 is 19.1 Å². The van der Waals surface area contributed by atoms with Gasteiger partial charge in [-0.3, -0.25) is 14.5 Å². The highest BCUT2D eigenvalue weighted by Gasteiger charge is 2.49. The van der Waals surface area contributed by atoms with E-state index in [-0.39, 0.29) is 12.3 Å². The third kappa shape index (κ3) is 2.98. The number of imide groups is 1. The van der Waals surface area contributed by atoms with Gasteiger partial charge in [-0.25, -0.2) is 4.79 Å². The van der Waals surface area contributed by atoms with E-state index in [9.17, 15) is 14.4 Å². The first-order valence-corrected chi connectivity index (χ1v) is 7.82. The Hall–Kier alpha value is -3.15. The van der Waals surface area contributed by atoms with Crippen molar-refractivity contribution in [2.24, 2.45) is 0 Å². The third-order valence-electron chi connectivity index (χ3n) is 4.32. The molecule has 1 fully saturated rings. The Morgan fingerprint density at radius 3 is 2.52 bits per heavy atom. The van der Waals surface area contributed by atoms with E-state index in [0.29, 0.717) is 16.9 Å². The van der Waals surface area contributed by atoms with E-state index in [4.69, 9.17) is 4.74 Å². The lowest BCUT2D eigenvalue weighted by Crippen LogP contribution is -2.41. The van der Waals surface area contributed by atoms with Crippen LogP contribution >= 0.6 is 0 Å². The smallest absolute Gasteiger partial charge is 0.325 e. The first kappa shape index (κ1) is 16.7. The second-order valence-electron chi connectivity index (χ2n) is 5.97. The van der Waals surface area contributed by atoms with Gasteiger partial charge >= 0.3 is 6.03 Å². The number of urea groups is 1. The van der Waals surface area contributed by atoms with Gasteiger partial charge in [-0.15, -0.1) is 0 Å². The van der Waals surface area contributed by atoms with Crippen molar-refractivity contribution in [2.75, 3.05) is 13.7 Å². The normalized spacial score (nSPS) is 19.7. The van der Waals surface area contributed by atoms with Gasteiger partial charge in [-0.05, 0) is 24.6 Å². The number of nitrogens with one attached hydrogen (secondary N) is 1. The number of nitrogens with zero attached hydrogens (tertiary/aromatic N) is 1. The molecular weight excluding hydrogens is 320 g/mol. The maximum atomic E-state index is 12.8. The molecular formula is C19H18N2O4. The fourth-order valence-corrected chi connectivity index (χ4v) is 2.84. The van der Waals surface area contributed by atoms with Gasteiger partial charge in [0.1, 0.15) is 11.3 Å². The quantitative estimate of drug-likeness (QED) is 0.671. The number of carbonyl (C=O) groups excluding carboxylic acids is 3. The summed E-state index contributed by atoms with van der Waals surface area (Å²) in [6, 6.07) is 15.0. The van der Waals surface area contributed by atoms with Crippen LogP contribution < -0.4 is 10.1 Å². The minimum absolute atomic E-state index is 0.319. The number of ketones is 1. The first-order chi connectivity index (χ1) is 12.0. The van der Waals surface area contributed by atoms with Crippen molar-refractivity contribution in [1.29, 1.82) is 0 Å². The Morgan fingerprint density at radius 1 is 1.12 bits per heavy atom. The van der Waals surface area contributed by atoms with Crippen LogP contribution in [0.2, 0.25) is 0 Å². The summed E-state index contributed by atoms with van der Waals surface area (Å²) in [5.41, 5.74) is -0.120. The van der Waals surface area contributed by atoms with Gasteiger partial charge in [0, 0.05) is 5.56 Å². The summed E-state index contributed by atoms with van der Waals surface area (Å²) in [4.78, 5) is 38.5. The lowest BCUT2D eigenvalue weighted by Gasteiger charge is -2.22. The van der Waals surface area contributed by atoms with Crippen molar-refractivity contribution in [3.8, 4) is 5.75 Å². The number of carbonyl (C=O) groups is 3. The predicted molar refractivity (Wildman–Crippen MR) is 91.4 cm³/mol. The van der Waals surface area contributed by atoms with Gasteiger partial charge in [-0.2, -0.15) is 0 Å². The van der Waals surface area contributed by atoms with Gasteiger partial charge < -0.3 is 10.1 Å². The largest absolute Gasteiger partial charge is 0.497 e. The monoisotopic (exact) mass is 338 g/mol. The molecule has 1 atom stereocenters. The molecule has 3 rings (SSSR count). The molecule has 0 aromatic heterocycles. The molecule has 1 aliphatic rings. The topological polar surface area (TPSA) is 75.7 Å². The lowest BCUT2D eigenvalue weighted by atomic mass is 9.92. The van der Waals surface area contributed by atoms with E-state index in [1.165, 1.54) is 7.11 Å². The molecule has 1 unspecified atom stereocenters. The molecule has 6 nitrogen and oxygen atoms in total. The first-order valence-electron chi connectivity index (χ1n) is 7.82. The highest BCUT2D eigenvalue weighted by Crippen LogP contribution is 2.28. The molecule has 0 radical (unpaired) electrons. The maximum Gasteiger partial charge on any atom is 0.325 e. The number of hydrogen-bond acceptors (Lipinski definition) is 4. The maximum absolute atomic E-state index is 12.8. The average molecular weight is 338 g/mol. The minimum Gasteiger partial charge on any atom is -0.497 e. The van der Waals surface area contributed by atoms with E-state index >= 15 is 0 Å². The van der Waals surface area contributed by atoms with Crippen LogP contribution in [-0.2, 0) is 10.3 Å². The van der Waals surface area contributed by atoms with E-state index < -0.39 is 17.5 Å². The van der Waals surface area contributed by atoms with Gasteiger partial charge in [0.25, 0.3) is 5.91 Å². The summed E-state index contributed by atoms with van der Waals surface area (Å²) in [5.74, 6) is -0.239. The molecule has 0 aliphatic carbocycles. The van der Waals surface area contributed by atoms with Gasteiger partial charge in [0.2, 0.25) is 0 Å². The summed E-state index contributed by atoms with van der Waals surface area (Å²) in [7, 11) is 1.51. The lowest BCUT2D eigenvalue weighted by molar-refractivity contribution is -0.130. The third-order valence-corrected chi connectivity index (χ3v) is 4.32. The number of rotatable bonds is 5. The molecule has 6 heteroatoms. The number of methoxy groups -OCH3 is 1. The van der Waals surface area contributed by atoms with Crippen molar-refractivity contribution in [3.63, 3.8) is 0 Å². The van der Waals surface area contributed by atoms with Gasteiger partial charge in [0.05, 0.1) is 13.7 Å². The van der Waals surface area contributed by atoms with Crippen molar-refractivity contribution >= 4 is 17.7 Å². The molecule has 25 heavy (non-hydrogen) atoms. The molecule has 1 saturated heterocycles. The number of Topliss-reactive ketones (excluding diaryl/α,β-unsaturated/α-hetero) is 1. The van der Waals surface area contributed by atoms with Gasteiger partial charge in [-0.1, -0.05) is 42.5 Å². The zero-order valence-electron chi connectivity index (χ0n) is 14.0. The molecule has 1 heterocycles. The fraction of sp³-hybridized carbons (Fsp3) is 0.211. The van der Waals surface area contributed by atoms with Crippen LogP contribution in [-0.4, -0.2) is 36.3 Å². The van der Waals surface area contributed by atoms with Crippen LogP contribution in [0.5, 0.6) is 5.75 Å². The molecule has 128 valence electrons. The molecule has 2 aromatic carbocycles. The Labute approximate surface area is 145 Å². The Kier molecular flexibility index (Phi) is 4.27. The standard InChI is InChI=1S/C19H18N2O4/c1-19(14-8-4-3-5-9-14)17(23)21(18(24)20-19)12-16(22)13-7-6-10-15(11-13)25-2/h3-11H,12H2,1-2H3,(H,20,24). The second kappa shape index (κ2) is 6.39. The zero-order chi connectivity index (χ0) is 18.0. The average Bonchev–Trinajstić information content (AvgIpc) is 2.86. The number of amides is 3. The van der Waals surface area contributed by atoms with Crippen LogP contribution in [0.15, 0.2) is 54.6 Å². The number of ether oxygens (including phenoxy) is 1. The van der Waals surface area contributed by atoms with E-state index in [0.717, 1.165) is 4.90 Å². The summed E-state index contributed by atoms with van der Waals surface area (Å²) >= 11 is 0. The van der Waals surface area contributed by atoms with Crippen LogP contribution in [0.4, 0.5) is 4.79 Å². The van der Waals surface area contributed by atoms with E-state index in [2.05, 4.69) is 5.32 Å². The van der Waals surface area contributed by atoms with Crippen molar-refractivity contribution in [2.45, 2.75) is 12.5 Å². The molecule has 0 spiro atoms. The van der Waals surface area contributed by atoms with Crippen LogP contribution in [0.1, 0.15) is 22.8 Å². The molecule has 3 amide bonds. The SMILES string of the molecule is COc1cccc(C(=O)CN2C(=O)NC(C)(c3ccccc3)C2=O)c1. The summed E-state index contributed by atoms with van der Waals surface area (Å²) in [6.45, 7) is 1.32. The molecule has 2 aromatic rings. The summed E-state index contributed by atoms with van der Waals surface area (Å²) in [6.07, 6.45) is 0. The summed E-state index contributed by atoms with van der Waals surface area (Å²) < 4.78 is 5.10. The molecule has 1 aliphatic heterocycles. The highest BCUT2D eigenvalue weighted by molar-refractivity contribution is 6.11. The van der Waals surface area contributed by atoms with Gasteiger partial charge in [0.15, 0.2) is 5.78 Å². The molecule has 1 N–H and O–H groups in total. The zero-order valence-corrected chi connectivity index (χ0v) is 14.0. The van der Waals surface area contributed by atoms with Crippen LogP contribution in [0.25, 0.3) is 0 Å². The highest BCUT2D eigenvalue weighted by atomic mass is 16.5. The van der Waals surface area contributed by atoms with E-state index in [1.54, 1.807) is 55.5 Å². The fourth-order valence-electron chi connectivity index (χ4n) is 2.84. The summed E-state index contributed by atoms with van der Waals surface area (Å²) in [5, 5.41) is 2.69. The molecule has 0 saturated carbocycles. The number of hydrogen-bond donors (Lipinski definition) is 1. The Balaban J connectivity index is 1.82. The number of benzene rings is 2.